The molecule has 2 heteroatoms. The third kappa shape index (κ3) is 3.26. The van der Waals surface area contributed by atoms with Gasteiger partial charge in [-0.2, -0.15) is 0 Å². The van der Waals surface area contributed by atoms with Crippen LogP contribution in [0.4, 0.5) is 4.39 Å². The van der Waals surface area contributed by atoms with E-state index in [0.29, 0.717) is 17.5 Å². The minimum atomic E-state index is -1.07. The lowest BCUT2D eigenvalue weighted by atomic mass is 9.88. The second-order valence-electron chi connectivity index (χ2n) is 5.58. The van der Waals surface area contributed by atoms with E-state index < -0.39 is 5.60 Å². The van der Waals surface area contributed by atoms with Crippen molar-refractivity contribution in [2.75, 3.05) is 0 Å². The third-order valence-corrected chi connectivity index (χ3v) is 3.77. The lowest BCUT2D eigenvalue weighted by molar-refractivity contribution is 0.0573. The van der Waals surface area contributed by atoms with E-state index >= 15 is 0 Å². The van der Waals surface area contributed by atoms with Gasteiger partial charge in [0.05, 0.1) is 5.60 Å². The molecule has 0 aliphatic carbocycles. The van der Waals surface area contributed by atoms with Gasteiger partial charge in [-0.25, -0.2) is 4.39 Å². The van der Waals surface area contributed by atoms with Crippen molar-refractivity contribution in [3.63, 3.8) is 0 Å². The van der Waals surface area contributed by atoms with Gasteiger partial charge in [0.15, 0.2) is 0 Å². The normalized spacial score (nSPS) is 14.1. The average molecular weight is 272 g/mol. The Balaban J connectivity index is 2.22. The van der Waals surface area contributed by atoms with Gasteiger partial charge >= 0.3 is 0 Å². The molecular weight excluding hydrogens is 251 g/mol. The molecule has 1 nitrogen and oxygen atoms in total. The first-order chi connectivity index (χ1) is 9.42. The van der Waals surface area contributed by atoms with Gasteiger partial charge in [-0.1, -0.05) is 43.3 Å². The fourth-order valence-corrected chi connectivity index (χ4v) is 2.32. The zero-order valence-electron chi connectivity index (χ0n) is 12.3. The van der Waals surface area contributed by atoms with Gasteiger partial charge in [0.2, 0.25) is 0 Å². The standard InChI is InChI=1S/C18H21FO/c1-4-14-6-8-15(9-7-14)12-18(3,20)16-10-5-13(2)17(19)11-16/h5-11,20H,4,12H2,1-3H3. The fourth-order valence-electron chi connectivity index (χ4n) is 2.32. The molecule has 0 aromatic heterocycles. The maximum atomic E-state index is 13.6. The molecule has 1 N–H and O–H groups in total. The van der Waals surface area contributed by atoms with Crippen LogP contribution in [0.15, 0.2) is 42.5 Å². The van der Waals surface area contributed by atoms with Gasteiger partial charge in [0.1, 0.15) is 5.82 Å². The highest BCUT2D eigenvalue weighted by atomic mass is 19.1. The summed E-state index contributed by atoms with van der Waals surface area (Å²) < 4.78 is 13.6. The van der Waals surface area contributed by atoms with Crippen LogP contribution >= 0.6 is 0 Å². The molecule has 20 heavy (non-hydrogen) atoms. The predicted molar refractivity (Wildman–Crippen MR) is 80.2 cm³/mol. The molecule has 2 aromatic rings. The maximum Gasteiger partial charge on any atom is 0.126 e. The fraction of sp³-hybridized carbons (Fsp3) is 0.333. The van der Waals surface area contributed by atoms with Crippen molar-refractivity contribution >= 4 is 0 Å². The minimum Gasteiger partial charge on any atom is -0.385 e. The van der Waals surface area contributed by atoms with Gasteiger partial charge in [0.25, 0.3) is 0 Å². The Morgan fingerprint density at radius 2 is 1.65 bits per heavy atom. The quantitative estimate of drug-likeness (QED) is 0.886. The summed E-state index contributed by atoms with van der Waals surface area (Å²) in [6.07, 6.45) is 1.47. The molecule has 0 aliphatic rings. The molecule has 0 bridgehead atoms. The highest BCUT2D eigenvalue weighted by molar-refractivity contribution is 5.31. The molecular formula is C18H21FO. The van der Waals surface area contributed by atoms with Crippen molar-refractivity contribution < 1.29 is 9.50 Å². The van der Waals surface area contributed by atoms with Crippen LogP contribution < -0.4 is 0 Å². The summed E-state index contributed by atoms with van der Waals surface area (Å²) in [5.41, 5.74) is 2.46. The van der Waals surface area contributed by atoms with Gasteiger partial charge in [-0.3, -0.25) is 0 Å². The van der Waals surface area contributed by atoms with Crippen LogP contribution in [-0.2, 0) is 18.4 Å². The van der Waals surface area contributed by atoms with Crippen LogP contribution in [0.1, 0.15) is 36.1 Å². The second-order valence-corrected chi connectivity index (χ2v) is 5.58. The summed E-state index contributed by atoms with van der Waals surface area (Å²) in [6, 6.07) is 13.1. The molecule has 0 saturated heterocycles. The van der Waals surface area contributed by atoms with Crippen LogP contribution in [0.25, 0.3) is 0 Å². The Hall–Kier alpha value is -1.67. The molecule has 106 valence electrons. The van der Waals surface area contributed by atoms with Crippen molar-refractivity contribution in [1.82, 2.24) is 0 Å². The van der Waals surface area contributed by atoms with Crippen molar-refractivity contribution in [3.05, 3.63) is 70.5 Å². The lowest BCUT2D eigenvalue weighted by Gasteiger charge is -2.24. The minimum absolute atomic E-state index is 0.274. The van der Waals surface area contributed by atoms with Crippen molar-refractivity contribution in [2.24, 2.45) is 0 Å². The van der Waals surface area contributed by atoms with Crippen LogP contribution in [-0.4, -0.2) is 5.11 Å². The molecule has 0 spiro atoms. The number of aliphatic hydroxyl groups is 1. The first-order valence-electron chi connectivity index (χ1n) is 6.99. The van der Waals surface area contributed by atoms with E-state index in [0.717, 1.165) is 12.0 Å². The van der Waals surface area contributed by atoms with E-state index in [2.05, 4.69) is 19.1 Å². The molecule has 0 fully saturated rings. The zero-order chi connectivity index (χ0) is 14.8. The molecule has 2 aromatic carbocycles. The summed E-state index contributed by atoms with van der Waals surface area (Å²) >= 11 is 0. The van der Waals surface area contributed by atoms with Crippen LogP contribution in [0.3, 0.4) is 0 Å². The van der Waals surface area contributed by atoms with Crippen LogP contribution in [0, 0.1) is 12.7 Å². The SMILES string of the molecule is CCc1ccc(CC(C)(O)c2ccc(C)c(F)c2)cc1. The number of aryl methyl sites for hydroxylation is 2. The zero-order valence-corrected chi connectivity index (χ0v) is 12.3. The van der Waals surface area contributed by atoms with E-state index in [-0.39, 0.29) is 5.82 Å². The Labute approximate surface area is 120 Å². The van der Waals surface area contributed by atoms with Gasteiger partial charge < -0.3 is 5.11 Å². The first-order valence-corrected chi connectivity index (χ1v) is 6.99. The Bertz CT molecular complexity index is 585. The number of rotatable bonds is 4. The van der Waals surface area contributed by atoms with Crippen molar-refractivity contribution in [1.29, 1.82) is 0 Å². The molecule has 1 unspecified atom stereocenters. The average Bonchev–Trinajstić information content (AvgIpc) is 2.42. The van der Waals surface area contributed by atoms with E-state index in [1.54, 1.807) is 26.0 Å². The predicted octanol–water partition coefficient (Wildman–Crippen LogP) is 4.15. The molecule has 0 amide bonds. The summed E-state index contributed by atoms with van der Waals surface area (Å²) in [5, 5.41) is 10.6. The number of hydrogen-bond donors (Lipinski definition) is 1. The molecule has 0 radical (unpaired) electrons. The lowest BCUT2D eigenvalue weighted by Crippen LogP contribution is -2.24. The van der Waals surface area contributed by atoms with E-state index in [1.807, 2.05) is 12.1 Å². The topological polar surface area (TPSA) is 20.2 Å². The highest BCUT2D eigenvalue weighted by Gasteiger charge is 2.24. The molecule has 0 aliphatic heterocycles. The summed E-state index contributed by atoms with van der Waals surface area (Å²) in [7, 11) is 0. The Kier molecular flexibility index (Phi) is 4.24. The Morgan fingerprint density at radius 1 is 1.05 bits per heavy atom. The summed E-state index contributed by atoms with van der Waals surface area (Å²) in [5.74, 6) is -0.274. The van der Waals surface area contributed by atoms with Gasteiger partial charge in [-0.15, -0.1) is 0 Å². The van der Waals surface area contributed by atoms with Crippen molar-refractivity contribution in [2.45, 2.75) is 39.2 Å². The van der Waals surface area contributed by atoms with E-state index in [9.17, 15) is 9.50 Å². The summed E-state index contributed by atoms with van der Waals surface area (Å²) in [4.78, 5) is 0. The third-order valence-electron chi connectivity index (χ3n) is 3.77. The highest BCUT2D eigenvalue weighted by Crippen LogP contribution is 2.27. The van der Waals surface area contributed by atoms with E-state index in [1.165, 1.54) is 11.6 Å². The molecule has 2 rings (SSSR count). The molecule has 1 atom stereocenters. The van der Waals surface area contributed by atoms with Gasteiger partial charge in [-0.05, 0) is 48.6 Å². The van der Waals surface area contributed by atoms with Crippen molar-refractivity contribution in [3.8, 4) is 0 Å². The van der Waals surface area contributed by atoms with Crippen LogP contribution in [0.5, 0.6) is 0 Å². The first kappa shape index (κ1) is 14.7. The number of hydrogen-bond acceptors (Lipinski definition) is 1. The largest absolute Gasteiger partial charge is 0.385 e. The second kappa shape index (κ2) is 5.76. The summed E-state index contributed by atoms with van der Waals surface area (Å²) in [6.45, 7) is 5.56. The van der Waals surface area contributed by atoms with E-state index in [4.69, 9.17) is 0 Å². The van der Waals surface area contributed by atoms with Crippen LogP contribution in [0.2, 0.25) is 0 Å². The Morgan fingerprint density at radius 3 is 2.20 bits per heavy atom. The maximum absolute atomic E-state index is 13.6. The van der Waals surface area contributed by atoms with Gasteiger partial charge in [0, 0.05) is 6.42 Å². The monoisotopic (exact) mass is 272 g/mol. The molecule has 0 heterocycles. The smallest absolute Gasteiger partial charge is 0.126 e. The molecule has 0 saturated carbocycles. The number of benzene rings is 2. The number of halogens is 1.